The quantitative estimate of drug-likeness (QED) is 0.463. The molecular weight excluding hydrogens is 100 g/mol. The van der Waals surface area contributed by atoms with Crippen LogP contribution in [0.4, 0.5) is 0 Å². The summed E-state index contributed by atoms with van der Waals surface area (Å²) in [5.74, 6) is 6.84. The predicted molar refractivity (Wildman–Crippen MR) is 34.2 cm³/mol. The van der Waals surface area contributed by atoms with Gasteiger partial charge in [-0.3, -0.25) is 0 Å². The first-order chi connectivity index (χ1) is 3.77. The Kier molecular flexibility index (Phi) is 4.39. The van der Waals surface area contributed by atoms with Crippen molar-refractivity contribution in [1.82, 2.24) is 0 Å². The maximum atomic E-state index is 4.71. The summed E-state index contributed by atoms with van der Waals surface area (Å²) in [4.78, 5) is 0. The van der Waals surface area contributed by atoms with E-state index in [0.29, 0.717) is 6.61 Å². The number of ether oxygens (including phenoxy) is 1. The standard InChI is InChI=1S/C7H11O/c1-7(2)5-4-6-8-3/h6H2,1-3H3. The molecule has 0 saturated carbocycles. The van der Waals surface area contributed by atoms with E-state index in [0.717, 1.165) is 5.92 Å². The summed E-state index contributed by atoms with van der Waals surface area (Å²) in [7, 11) is 1.64. The molecule has 0 aliphatic rings. The predicted octanol–water partition coefficient (Wildman–Crippen LogP) is 1.25. The number of rotatable bonds is 1. The molecule has 1 heteroatoms. The molecule has 0 bridgehead atoms. The van der Waals surface area contributed by atoms with E-state index in [9.17, 15) is 0 Å². The number of methoxy groups -OCH3 is 1. The molecule has 0 amide bonds. The van der Waals surface area contributed by atoms with Crippen LogP contribution in [0.5, 0.6) is 0 Å². The topological polar surface area (TPSA) is 9.23 Å². The van der Waals surface area contributed by atoms with Crippen molar-refractivity contribution in [3.8, 4) is 11.8 Å². The first kappa shape index (κ1) is 7.52. The summed E-state index contributed by atoms with van der Waals surface area (Å²) in [5, 5.41) is 0. The Morgan fingerprint density at radius 1 is 1.50 bits per heavy atom. The van der Waals surface area contributed by atoms with Crippen molar-refractivity contribution in [2.45, 2.75) is 13.8 Å². The number of hydrogen-bond acceptors (Lipinski definition) is 1. The second-order valence-corrected chi connectivity index (χ2v) is 1.73. The van der Waals surface area contributed by atoms with Gasteiger partial charge in [0.2, 0.25) is 0 Å². The van der Waals surface area contributed by atoms with E-state index in [2.05, 4.69) is 11.8 Å². The largest absolute Gasteiger partial charge is 0.372 e. The van der Waals surface area contributed by atoms with Crippen molar-refractivity contribution in [3.05, 3.63) is 5.92 Å². The van der Waals surface area contributed by atoms with Crippen molar-refractivity contribution < 1.29 is 4.74 Å². The van der Waals surface area contributed by atoms with Gasteiger partial charge in [0.15, 0.2) is 0 Å². The fraction of sp³-hybridized carbons (Fsp3) is 0.571. The molecule has 8 heavy (non-hydrogen) atoms. The fourth-order valence-corrected chi connectivity index (χ4v) is 0.285. The second kappa shape index (κ2) is 4.67. The lowest BCUT2D eigenvalue weighted by Crippen LogP contribution is -1.82. The van der Waals surface area contributed by atoms with E-state index in [1.165, 1.54) is 0 Å². The third-order valence-corrected chi connectivity index (χ3v) is 0.555. The minimum atomic E-state index is 0.533. The maximum Gasteiger partial charge on any atom is 0.107 e. The van der Waals surface area contributed by atoms with Crippen LogP contribution in [0.25, 0.3) is 0 Å². The molecule has 0 aliphatic heterocycles. The first-order valence-corrected chi connectivity index (χ1v) is 2.55. The van der Waals surface area contributed by atoms with E-state index < -0.39 is 0 Å². The fourth-order valence-electron chi connectivity index (χ4n) is 0.285. The van der Waals surface area contributed by atoms with Crippen molar-refractivity contribution in [3.63, 3.8) is 0 Å². The summed E-state index contributed by atoms with van der Waals surface area (Å²) < 4.78 is 4.71. The van der Waals surface area contributed by atoms with Gasteiger partial charge in [-0.2, -0.15) is 0 Å². The molecule has 0 heterocycles. The van der Waals surface area contributed by atoms with Gasteiger partial charge in [0.1, 0.15) is 6.61 Å². The van der Waals surface area contributed by atoms with E-state index in [1.54, 1.807) is 7.11 Å². The average Bonchev–Trinajstić information content (AvgIpc) is 1.66. The Morgan fingerprint density at radius 3 is 2.50 bits per heavy atom. The van der Waals surface area contributed by atoms with Crippen LogP contribution >= 0.6 is 0 Å². The van der Waals surface area contributed by atoms with Gasteiger partial charge in [-0.05, 0) is 13.8 Å². The minimum absolute atomic E-state index is 0.533. The molecular formula is C7H11O. The normalized spacial score (nSPS) is 8.50. The molecule has 0 saturated heterocycles. The van der Waals surface area contributed by atoms with Gasteiger partial charge in [0, 0.05) is 13.0 Å². The van der Waals surface area contributed by atoms with Crippen molar-refractivity contribution >= 4 is 0 Å². The molecule has 0 N–H and O–H groups in total. The third-order valence-electron chi connectivity index (χ3n) is 0.555. The van der Waals surface area contributed by atoms with Crippen LogP contribution in [0, 0.1) is 17.8 Å². The Morgan fingerprint density at radius 2 is 2.12 bits per heavy atom. The van der Waals surface area contributed by atoms with Gasteiger partial charge in [-0.1, -0.05) is 11.8 Å². The SMILES string of the molecule is COCC#C[C](C)C. The van der Waals surface area contributed by atoms with E-state index in [4.69, 9.17) is 4.74 Å². The van der Waals surface area contributed by atoms with Gasteiger partial charge in [0.05, 0.1) is 0 Å². The molecule has 0 aromatic rings. The van der Waals surface area contributed by atoms with Crippen LogP contribution in [0.15, 0.2) is 0 Å². The average molecular weight is 111 g/mol. The smallest absolute Gasteiger partial charge is 0.107 e. The summed E-state index contributed by atoms with van der Waals surface area (Å²) >= 11 is 0. The van der Waals surface area contributed by atoms with Crippen molar-refractivity contribution in [1.29, 1.82) is 0 Å². The van der Waals surface area contributed by atoms with Crippen molar-refractivity contribution in [2.24, 2.45) is 0 Å². The zero-order valence-electron chi connectivity index (χ0n) is 5.62. The molecule has 0 fully saturated rings. The molecule has 1 radical (unpaired) electrons. The monoisotopic (exact) mass is 111 g/mol. The maximum absolute atomic E-state index is 4.71. The highest BCUT2D eigenvalue weighted by atomic mass is 16.5. The highest BCUT2D eigenvalue weighted by Gasteiger charge is 1.79. The lowest BCUT2D eigenvalue weighted by Gasteiger charge is -1.85. The summed E-state index contributed by atoms with van der Waals surface area (Å²) in [6, 6.07) is 0. The zero-order valence-corrected chi connectivity index (χ0v) is 5.62. The van der Waals surface area contributed by atoms with Gasteiger partial charge in [-0.25, -0.2) is 0 Å². The van der Waals surface area contributed by atoms with Crippen LogP contribution in [-0.2, 0) is 4.74 Å². The Labute approximate surface area is 51.0 Å². The summed E-state index contributed by atoms with van der Waals surface area (Å²) in [5.41, 5.74) is 0. The molecule has 0 spiro atoms. The van der Waals surface area contributed by atoms with Gasteiger partial charge in [-0.15, -0.1) is 0 Å². The molecule has 0 aliphatic carbocycles. The number of hydrogen-bond donors (Lipinski definition) is 0. The van der Waals surface area contributed by atoms with E-state index in [-0.39, 0.29) is 0 Å². The molecule has 0 unspecified atom stereocenters. The molecule has 0 aromatic carbocycles. The molecule has 1 nitrogen and oxygen atoms in total. The van der Waals surface area contributed by atoms with Crippen LogP contribution < -0.4 is 0 Å². The minimum Gasteiger partial charge on any atom is -0.372 e. The van der Waals surface area contributed by atoms with E-state index >= 15 is 0 Å². The van der Waals surface area contributed by atoms with Gasteiger partial charge in [0.25, 0.3) is 0 Å². The Hall–Kier alpha value is -0.480. The van der Waals surface area contributed by atoms with Gasteiger partial charge >= 0.3 is 0 Å². The highest BCUT2D eigenvalue weighted by molar-refractivity contribution is 5.16. The highest BCUT2D eigenvalue weighted by Crippen LogP contribution is 1.87. The first-order valence-electron chi connectivity index (χ1n) is 2.55. The molecule has 0 atom stereocenters. The Balaban J connectivity index is 3.20. The lowest BCUT2D eigenvalue weighted by molar-refractivity contribution is 0.239. The molecule has 45 valence electrons. The zero-order chi connectivity index (χ0) is 6.41. The molecule has 0 rings (SSSR count). The third kappa shape index (κ3) is 5.52. The van der Waals surface area contributed by atoms with Crippen LogP contribution in [0.2, 0.25) is 0 Å². The second-order valence-electron chi connectivity index (χ2n) is 1.73. The lowest BCUT2D eigenvalue weighted by atomic mass is 10.2. The van der Waals surface area contributed by atoms with Crippen LogP contribution in [0.3, 0.4) is 0 Å². The van der Waals surface area contributed by atoms with E-state index in [1.807, 2.05) is 13.8 Å². The van der Waals surface area contributed by atoms with Crippen LogP contribution in [-0.4, -0.2) is 13.7 Å². The van der Waals surface area contributed by atoms with Gasteiger partial charge < -0.3 is 4.74 Å². The summed E-state index contributed by atoms with van der Waals surface area (Å²) in [6.07, 6.45) is 0. The summed E-state index contributed by atoms with van der Waals surface area (Å²) in [6.45, 7) is 4.48. The Bertz CT molecular complexity index is 94.7. The van der Waals surface area contributed by atoms with Crippen molar-refractivity contribution in [2.75, 3.05) is 13.7 Å². The molecule has 0 aromatic heterocycles. The van der Waals surface area contributed by atoms with Crippen LogP contribution in [0.1, 0.15) is 13.8 Å².